The fraction of sp³-hybridized carbons (Fsp3) is 0.643. The highest BCUT2D eigenvalue weighted by atomic mass is 16.5. The van der Waals surface area contributed by atoms with Gasteiger partial charge in [-0.25, -0.2) is 0 Å². The molecule has 4 heterocycles. The molecule has 1 aromatic heterocycles. The van der Waals surface area contributed by atoms with Crippen molar-refractivity contribution >= 4 is 23.4 Å². The SMILES string of the molecule is C[C@@]12C=C[C@@]3(O1)[C@H](C(=O)N(c1cccnc1)[C@H]3C(=O)NC1CCCCC1)[C@@H]2C(=O)NC1CCCCC1. The van der Waals surface area contributed by atoms with Gasteiger partial charge in [0.05, 0.1) is 29.3 Å². The molecule has 1 aromatic rings. The zero-order valence-corrected chi connectivity index (χ0v) is 20.9. The molecular formula is C28H36N4O4. The number of ether oxygens (including phenoxy) is 1. The Hall–Kier alpha value is -2.74. The Kier molecular flexibility index (Phi) is 5.90. The smallest absolute Gasteiger partial charge is 0.246 e. The van der Waals surface area contributed by atoms with Gasteiger partial charge in [-0.3, -0.25) is 24.3 Å². The maximum Gasteiger partial charge on any atom is 0.246 e. The molecule has 2 bridgehead atoms. The molecule has 2 aliphatic carbocycles. The van der Waals surface area contributed by atoms with E-state index in [-0.39, 0.29) is 29.8 Å². The Morgan fingerprint density at radius 1 is 0.972 bits per heavy atom. The number of carbonyl (C=O) groups is 3. The second-order valence-corrected chi connectivity index (χ2v) is 11.4. The fourth-order valence-electron chi connectivity index (χ4n) is 7.37. The molecule has 6 rings (SSSR count). The number of anilines is 1. The van der Waals surface area contributed by atoms with Gasteiger partial charge in [-0.1, -0.05) is 50.7 Å². The summed E-state index contributed by atoms with van der Waals surface area (Å²) in [5.41, 5.74) is -1.56. The number of carbonyl (C=O) groups excluding carboxylic acids is 3. The van der Waals surface area contributed by atoms with Gasteiger partial charge in [0.15, 0.2) is 0 Å². The van der Waals surface area contributed by atoms with Crippen LogP contribution in [0.3, 0.4) is 0 Å². The maximum absolute atomic E-state index is 14.2. The second-order valence-electron chi connectivity index (χ2n) is 11.4. The number of aromatic nitrogens is 1. The van der Waals surface area contributed by atoms with Crippen molar-refractivity contribution in [1.82, 2.24) is 15.6 Å². The molecule has 5 atom stereocenters. The van der Waals surface area contributed by atoms with E-state index in [9.17, 15) is 14.4 Å². The van der Waals surface area contributed by atoms with Crippen molar-refractivity contribution < 1.29 is 19.1 Å². The molecular weight excluding hydrogens is 456 g/mol. The number of rotatable bonds is 5. The molecule has 3 aliphatic heterocycles. The molecule has 8 heteroatoms. The highest BCUT2D eigenvalue weighted by Gasteiger charge is 2.76. The molecule has 2 saturated heterocycles. The Bertz CT molecular complexity index is 1060. The summed E-state index contributed by atoms with van der Waals surface area (Å²) in [6, 6.07) is 2.87. The van der Waals surface area contributed by atoms with Crippen molar-refractivity contribution in [3.05, 3.63) is 36.7 Å². The van der Waals surface area contributed by atoms with Crippen LogP contribution in [0.4, 0.5) is 5.69 Å². The third-order valence-corrected chi connectivity index (χ3v) is 9.06. The molecule has 192 valence electrons. The molecule has 36 heavy (non-hydrogen) atoms. The Morgan fingerprint density at radius 2 is 1.61 bits per heavy atom. The van der Waals surface area contributed by atoms with Crippen LogP contribution in [0.1, 0.15) is 71.1 Å². The Balaban J connectivity index is 1.35. The van der Waals surface area contributed by atoms with Crippen LogP contribution in [0.15, 0.2) is 36.7 Å². The van der Waals surface area contributed by atoms with Crippen LogP contribution in [0, 0.1) is 11.8 Å². The van der Waals surface area contributed by atoms with E-state index in [4.69, 9.17) is 4.74 Å². The van der Waals surface area contributed by atoms with Gasteiger partial charge in [-0.15, -0.1) is 0 Å². The minimum absolute atomic E-state index is 0.0936. The first-order chi connectivity index (χ1) is 17.4. The van der Waals surface area contributed by atoms with E-state index in [0.29, 0.717) is 5.69 Å². The van der Waals surface area contributed by atoms with Gasteiger partial charge in [0, 0.05) is 18.3 Å². The predicted molar refractivity (Wildman–Crippen MR) is 134 cm³/mol. The summed E-state index contributed by atoms with van der Waals surface area (Å²) in [5, 5.41) is 6.45. The minimum Gasteiger partial charge on any atom is -0.356 e. The molecule has 1 spiro atoms. The molecule has 2 N–H and O–H groups in total. The Labute approximate surface area is 212 Å². The van der Waals surface area contributed by atoms with Gasteiger partial charge < -0.3 is 15.4 Å². The van der Waals surface area contributed by atoms with Gasteiger partial charge in [0.1, 0.15) is 11.6 Å². The van der Waals surface area contributed by atoms with Gasteiger partial charge in [-0.05, 0) is 44.7 Å². The third kappa shape index (κ3) is 3.67. The molecule has 8 nitrogen and oxygen atoms in total. The lowest BCUT2D eigenvalue weighted by molar-refractivity contribution is -0.135. The monoisotopic (exact) mass is 492 g/mol. The topological polar surface area (TPSA) is 101 Å². The zero-order valence-electron chi connectivity index (χ0n) is 20.9. The summed E-state index contributed by atoms with van der Waals surface area (Å²) >= 11 is 0. The lowest BCUT2D eigenvalue weighted by atomic mass is 9.70. The summed E-state index contributed by atoms with van der Waals surface area (Å²) in [7, 11) is 0. The van der Waals surface area contributed by atoms with E-state index in [1.165, 1.54) is 17.7 Å². The van der Waals surface area contributed by atoms with Crippen LogP contribution >= 0.6 is 0 Å². The number of nitrogens with zero attached hydrogens (tertiary/aromatic N) is 2. The number of fused-ring (bicyclic) bond motifs is 1. The minimum atomic E-state index is -1.19. The first-order valence-corrected chi connectivity index (χ1v) is 13.7. The van der Waals surface area contributed by atoms with Gasteiger partial charge in [0.2, 0.25) is 17.7 Å². The maximum atomic E-state index is 14.2. The molecule has 0 unspecified atom stereocenters. The number of amides is 3. The Morgan fingerprint density at radius 3 is 2.22 bits per heavy atom. The van der Waals surface area contributed by atoms with Crippen molar-refractivity contribution in [3.63, 3.8) is 0 Å². The number of nitrogens with one attached hydrogen (secondary N) is 2. The number of hydrogen-bond donors (Lipinski definition) is 2. The standard InChI is InChI=1S/C28H36N4O4/c1-27-14-15-28(36-27)22(21(27)24(33)30-18-9-4-2-5-10-18)26(35)32(20-13-8-16-29-17-20)23(28)25(34)31-19-11-6-3-7-12-19/h8,13-19,21-23H,2-7,9-12H2,1H3,(H,30,33)(H,31,34)/t21-,22+,23+,27+,28-/m1/s1. The number of hydrogen-bond acceptors (Lipinski definition) is 5. The highest BCUT2D eigenvalue weighted by Crippen LogP contribution is 2.60. The van der Waals surface area contributed by atoms with Crippen LogP contribution in [0.25, 0.3) is 0 Å². The van der Waals surface area contributed by atoms with Gasteiger partial charge in [-0.2, -0.15) is 0 Å². The van der Waals surface area contributed by atoms with Crippen LogP contribution in [0.5, 0.6) is 0 Å². The lowest BCUT2D eigenvalue weighted by Gasteiger charge is -2.34. The van der Waals surface area contributed by atoms with Crippen molar-refractivity contribution in [1.29, 1.82) is 0 Å². The second kappa shape index (κ2) is 8.98. The summed E-state index contributed by atoms with van der Waals surface area (Å²) in [6.07, 6.45) is 17.6. The van der Waals surface area contributed by atoms with Crippen molar-refractivity contribution in [2.45, 2.75) is 100 Å². The van der Waals surface area contributed by atoms with E-state index in [1.54, 1.807) is 24.5 Å². The van der Waals surface area contributed by atoms with Crippen molar-refractivity contribution in [2.24, 2.45) is 11.8 Å². The van der Waals surface area contributed by atoms with Crippen LogP contribution < -0.4 is 15.5 Å². The van der Waals surface area contributed by atoms with Crippen LogP contribution in [-0.2, 0) is 19.1 Å². The summed E-state index contributed by atoms with van der Waals surface area (Å²) < 4.78 is 6.62. The summed E-state index contributed by atoms with van der Waals surface area (Å²) in [4.78, 5) is 47.5. The van der Waals surface area contributed by atoms with Crippen LogP contribution in [-0.4, -0.2) is 52.0 Å². The normalized spacial score (nSPS) is 36.2. The van der Waals surface area contributed by atoms with Crippen molar-refractivity contribution in [2.75, 3.05) is 4.90 Å². The summed E-state index contributed by atoms with van der Waals surface area (Å²) in [6.45, 7) is 1.87. The third-order valence-electron chi connectivity index (χ3n) is 9.06. The van der Waals surface area contributed by atoms with E-state index in [1.807, 2.05) is 19.1 Å². The first kappa shape index (κ1) is 23.6. The quantitative estimate of drug-likeness (QED) is 0.616. The van der Waals surface area contributed by atoms with E-state index in [0.717, 1.165) is 51.4 Å². The van der Waals surface area contributed by atoms with E-state index < -0.39 is 29.1 Å². The van der Waals surface area contributed by atoms with Crippen molar-refractivity contribution in [3.8, 4) is 0 Å². The average molecular weight is 493 g/mol. The molecule has 5 aliphatic rings. The molecule has 4 fully saturated rings. The molecule has 0 radical (unpaired) electrons. The molecule has 2 saturated carbocycles. The molecule has 0 aromatic carbocycles. The van der Waals surface area contributed by atoms with Gasteiger partial charge in [0.25, 0.3) is 0 Å². The van der Waals surface area contributed by atoms with E-state index >= 15 is 0 Å². The average Bonchev–Trinajstić information content (AvgIpc) is 3.46. The fourth-order valence-corrected chi connectivity index (χ4v) is 7.37. The first-order valence-electron chi connectivity index (χ1n) is 13.7. The van der Waals surface area contributed by atoms with E-state index in [2.05, 4.69) is 15.6 Å². The molecule has 3 amide bonds. The summed E-state index contributed by atoms with van der Waals surface area (Å²) in [5.74, 6) is -2.07. The zero-order chi connectivity index (χ0) is 24.9. The lowest BCUT2D eigenvalue weighted by Crippen LogP contribution is -2.57. The highest BCUT2D eigenvalue weighted by molar-refractivity contribution is 6.10. The van der Waals surface area contributed by atoms with Crippen LogP contribution in [0.2, 0.25) is 0 Å². The van der Waals surface area contributed by atoms with Gasteiger partial charge >= 0.3 is 0 Å². The predicted octanol–water partition coefficient (Wildman–Crippen LogP) is 3.02. The number of pyridine rings is 1. The largest absolute Gasteiger partial charge is 0.356 e.